The third-order valence-electron chi connectivity index (χ3n) is 5.52. The Hall–Kier alpha value is -2.44. The Labute approximate surface area is 184 Å². The molecule has 0 radical (unpaired) electrons. The number of sulfonamides is 1. The van der Waals surface area contributed by atoms with Gasteiger partial charge in [-0.15, -0.1) is 0 Å². The molecular weight excluding hydrogens is 447 g/mol. The SMILES string of the molecule is CS(=O)(=O)N1CCN(c2ncc(OC3CN(Cc4ccc(C(F)(F)F)cc4)C3)cn2)CC1. The summed E-state index contributed by atoms with van der Waals surface area (Å²) >= 11 is 0. The van der Waals surface area contributed by atoms with Crippen molar-refractivity contribution in [2.24, 2.45) is 0 Å². The van der Waals surface area contributed by atoms with E-state index < -0.39 is 21.8 Å². The lowest BCUT2D eigenvalue weighted by Gasteiger charge is -2.39. The molecule has 4 rings (SSSR count). The van der Waals surface area contributed by atoms with Crippen LogP contribution in [0, 0.1) is 0 Å². The van der Waals surface area contributed by atoms with Crippen LogP contribution in [0.15, 0.2) is 36.7 Å². The van der Waals surface area contributed by atoms with Crippen molar-refractivity contribution in [3.8, 4) is 5.75 Å². The maximum atomic E-state index is 12.6. The van der Waals surface area contributed by atoms with Crippen LogP contribution in [-0.2, 0) is 22.7 Å². The third kappa shape index (κ3) is 5.48. The Morgan fingerprint density at radius 1 is 1.03 bits per heavy atom. The summed E-state index contributed by atoms with van der Waals surface area (Å²) in [7, 11) is -3.18. The van der Waals surface area contributed by atoms with Gasteiger partial charge in [0.15, 0.2) is 5.75 Å². The number of benzene rings is 1. The van der Waals surface area contributed by atoms with Crippen LogP contribution < -0.4 is 9.64 Å². The van der Waals surface area contributed by atoms with Gasteiger partial charge < -0.3 is 9.64 Å². The molecule has 0 amide bonds. The fraction of sp³-hybridized carbons (Fsp3) is 0.500. The van der Waals surface area contributed by atoms with E-state index in [0.717, 1.165) is 17.7 Å². The number of likely N-dealkylation sites (tertiary alicyclic amines) is 1. The summed E-state index contributed by atoms with van der Waals surface area (Å²) in [5, 5.41) is 0. The molecule has 1 aromatic carbocycles. The Balaban J connectivity index is 1.22. The van der Waals surface area contributed by atoms with Gasteiger partial charge in [-0.25, -0.2) is 18.4 Å². The highest BCUT2D eigenvalue weighted by Gasteiger charge is 2.31. The molecule has 3 heterocycles. The molecule has 1 aromatic heterocycles. The lowest BCUT2D eigenvalue weighted by molar-refractivity contribution is -0.137. The topological polar surface area (TPSA) is 78.9 Å². The molecule has 8 nitrogen and oxygen atoms in total. The van der Waals surface area contributed by atoms with Crippen LogP contribution in [0.5, 0.6) is 5.75 Å². The number of anilines is 1. The Morgan fingerprint density at radius 3 is 2.16 bits per heavy atom. The van der Waals surface area contributed by atoms with Crippen LogP contribution in [0.1, 0.15) is 11.1 Å². The largest absolute Gasteiger partial charge is 0.485 e. The first-order chi connectivity index (χ1) is 15.1. The Bertz CT molecular complexity index is 1020. The van der Waals surface area contributed by atoms with Gasteiger partial charge in [-0.1, -0.05) is 12.1 Å². The van der Waals surface area contributed by atoms with Gasteiger partial charge in [0.1, 0.15) is 6.10 Å². The van der Waals surface area contributed by atoms with E-state index in [1.54, 1.807) is 12.4 Å². The normalized spacial score (nSPS) is 19.1. The molecule has 0 saturated carbocycles. The van der Waals surface area contributed by atoms with Crippen molar-refractivity contribution in [3.63, 3.8) is 0 Å². The number of alkyl halides is 3. The highest BCUT2D eigenvalue weighted by atomic mass is 32.2. The van der Waals surface area contributed by atoms with E-state index in [0.29, 0.717) is 57.5 Å². The van der Waals surface area contributed by atoms with Crippen LogP contribution in [0.4, 0.5) is 19.1 Å². The second-order valence-corrected chi connectivity index (χ2v) is 9.98. The van der Waals surface area contributed by atoms with E-state index in [1.165, 1.54) is 22.7 Å². The van der Waals surface area contributed by atoms with Crippen LogP contribution in [-0.4, -0.2) is 79.2 Å². The molecule has 2 fully saturated rings. The minimum atomic E-state index is -4.32. The standard InChI is InChI=1S/C20H24F3N5O3S/c1-32(29,30)28-8-6-27(7-9-28)19-24-10-17(11-25-19)31-18-13-26(14-18)12-15-2-4-16(5-3-15)20(21,22)23/h2-5,10-11,18H,6-9,12-14H2,1H3. The molecule has 0 bridgehead atoms. The zero-order chi connectivity index (χ0) is 22.9. The average molecular weight is 472 g/mol. The van der Waals surface area contributed by atoms with Gasteiger partial charge in [-0.3, -0.25) is 4.90 Å². The number of hydrogen-bond donors (Lipinski definition) is 0. The summed E-state index contributed by atoms with van der Waals surface area (Å²) in [5.74, 6) is 1.07. The molecular formula is C20H24F3N5O3S. The van der Waals surface area contributed by atoms with Crippen LogP contribution >= 0.6 is 0 Å². The van der Waals surface area contributed by atoms with Gasteiger partial charge in [-0.05, 0) is 17.7 Å². The van der Waals surface area contributed by atoms with E-state index in [-0.39, 0.29) is 6.10 Å². The summed E-state index contributed by atoms with van der Waals surface area (Å²) < 4.78 is 68.4. The molecule has 2 aliphatic heterocycles. The first-order valence-electron chi connectivity index (χ1n) is 10.2. The molecule has 0 spiro atoms. The minimum Gasteiger partial charge on any atom is -0.485 e. The molecule has 2 aromatic rings. The summed E-state index contributed by atoms with van der Waals surface area (Å²) in [6.07, 6.45) is 0.0533. The predicted octanol–water partition coefficient (Wildman–Crippen LogP) is 1.84. The van der Waals surface area contributed by atoms with Crippen molar-refractivity contribution in [1.82, 2.24) is 19.2 Å². The van der Waals surface area contributed by atoms with E-state index in [9.17, 15) is 21.6 Å². The van der Waals surface area contributed by atoms with Crippen molar-refractivity contribution < 1.29 is 26.3 Å². The summed E-state index contributed by atoms with van der Waals surface area (Å²) in [4.78, 5) is 12.7. The number of nitrogens with zero attached hydrogens (tertiary/aromatic N) is 5. The number of hydrogen-bond acceptors (Lipinski definition) is 7. The lowest BCUT2D eigenvalue weighted by atomic mass is 10.1. The molecule has 0 aliphatic carbocycles. The van der Waals surface area contributed by atoms with Crippen molar-refractivity contribution in [3.05, 3.63) is 47.8 Å². The summed E-state index contributed by atoms with van der Waals surface area (Å²) in [6, 6.07) is 5.20. The summed E-state index contributed by atoms with van der Waals surface area (Å²) in [6.45, 7) is 3.73. The van der Waals surface area contributed by atoms with Crippen LogP contribution in [0.25, 0.3) is 0 Å². The second kappa shape index (κ2) is 8.83. The third-order valence-corrected chi connectivity index (χ3v) is 6.82. The van der Waals surface area contributed by atoms with Crippen molar-refractivity contribution in [1.29, 1.82) is 0 Å². The van der Waals surface area contributed by atoms with Crippen molar-refractivity contribution >= 4 is 16.0 Å². The smallest absolute Gasteiger partial charge is 0.416 e. The zero-order valence-electron chi connectivity index (χ0n) is 17.5. The van der Waals surface area contributed by atoms with Gasteiger partial charge in [0.2, 0.25) is 16.0 Å². The summed E-state index contributed by atoms with van der Waals surface area (Å²) in [5.41, 5.74) is 0.173. The molecule has 0 unspecified atom stereocenters. The van der Waals surface area contributed by atoms with E-state index in [2.05, 4.69) is 14.9 Å². The van der Waals surface area contributed by atoms with E-state index in [1.807, 2.05) is 4.90 Å². The molecule has 0 N–H and O–H groups in total. The fourth-order valence-corrected chi connectivity index (χ4v) is 4.56. The molecule has 32 heavy (non-hydrogen) atoms. The van der Waals surface area contributed by atoms with Gasteiger partial charge in [0, 0.05) is 45.8 Å². The second-order valence-electron chi connectivity index (χ2n) is 8.00. The predicted molar refractivity (Wildman–Crippen MR) is 112 cm³/mol. The highest BCUT2D eigenvalue weighted by Crippen LogP contribution is 2.29. The van der Waals surface area contributed by atoms with E-state index in [4.69, 9.17) is 4.74 Å². The Morgan fingerprint density at radius 2 is 1.62 bits per heavy atom. The van der Waals surface area contributed by atoms with Gasteiger partial charge in [0.25, 0.3) is 0 Å². The first-order valence-corrected chi connectivity index (χ1v) is 12.0. The van der Waals surface area contributed by atoms with Gasteiger partial charge >= 0.3 is 6.18 Å². The van der Waals surface area contributed by atoms with E-state index >= 15 is 0 Å². The maximum absolute atomic E-state index is 12.6. The zero-order valence-corrected chi connectivity index (χ0v) is 18.3. The lowest BCUT2D eigenvalue weighted by Crippen LogP contribution is -2.53. The minimum absolute atomic E-state index is 0.0304. The average Bonchev–Trinajstić information content (AvgIpc) is 2.72. The number of piperazine rings is 1. The van der Waals surface area contributed by atoms with Crippen LogP contribution in [0.2, 0.25) is 0 Å². The Kier molecular flexibility index (Phi) is 6.28. The molecule has 12 heteroatoms. The molecule has 2 aliphatic rings. The number of rotatable bonds is 6. The van der Waals surface area contributed by atoms with Crippen LogP contribution in [0.3, 0.4) is 0 Å². The van der Waals surface area contributed by atoms with Gasteiger partial charge in [-0.2, -0.15) is 17.5 Å². The fourth-order valence-electron chi connectivity index (χ4n) is 3.73. The van der Waals surface area contributed by atoms with Gasteiger partial charge in [0.05, 0.1) is 24.2 Å². The number of aromatic nitrogens is 2. The number of halogens is 3. The quantitative estimate of drug-likeness (QED) is 0.636. The maximum Gasteiger partial charge on any atom is 0.416 e. The first kappa shape index (κ1) is 22.7. The monoisotopic (exact) mass is 471 g/mol. The van der Waals surface area contributed by atoms with Crippen molar-refractivity contribution in [2.75, 3.05) is 50.4 Å². The molecule has 2 saturated heterocycles. The molecule has 174 valence electrons. The highest BCUT2D eigenvalue weighted by molar-refractivity contribution is 7.88. The number of ether oxygens (including phenoxy) is 1. The molecule has 0 atom stereocenters. The van der Waals surface area contributed by atoms with Crippen molar-refractivity contribution in [2.45, 2.75) is 18.8 Å².